The topological polar surface area (TPSA) is 80.1 Å². The van der Waals surface area contributed by atoms with E-state index >= 15 is 0 Å². The minimum Gasteiger partial charge on any atom is -0.443 e. The molecule has 0 saturated carbocycles. The molecule has 2 atom stereocenters. The number of hydrogen-bond donors (Lipinski definition) is 2. The van der Waals surface area contributed by atoms with E-state index in [0.29, 0.717) is 17.4 Å². The van der Waals surface area contributed by atoms with Gasteiger partial charge in [-0.15, -0.1) is 12.4 Å². The molecule has 1 aliphatic heterocycles. The van der Waals surface area contributed by atoms with Crippen LogP contribution in [0.3, 0.4) is 0 Å². The molecule has 112 valence electrons. The van der Waals surface area contributed by atoms with E-state index < -0.39 is 12.2 Å². The van der Waals surface area contributed by atoms with Gasteiger partial charge in [-0.3, -0.25) is 4.79 Å². The molecule has 0 radical (unpaired) electrons. The maximum Gasteiger partial charge on any atom is 0.245 e. The van der Waals surface area contributed by atoms with Crippen LogP contribution in [0.2, 0.25) is 0 Å². The van der Waals surface area contributed by atoms with Crippen molar-refractivity contribution in [2.24, 2.45) is 0 Å². The smallest absolute Gasteiger partial charge is 0.245 e. The van der Waals surface area contributed by atoms with Gasteiger partial charge in [0.15, 0.2) is 0 Å². The van der Waals surface area contributed by atoms with Crippen LogP contribution in [-0.4, -0.2) is 34.6 Å². The fourth-order valence-corrected chi connectivity index (χ4v) is 2.08. The molecule has 0 aromatic carbocycles. The zero-order valence-electron chi connectivity index (χ0n) is 11.0. The van der Waals surface area contributed by atoms with Gasteiger partial charge >= 0.3 is 0 Å². The Morgan fingerprint density at radius 2 is 2.33 bits per heavy atom. The van der Waals surface area contributed by atoms with Crippen LogP contribution in [0.1, 0.15) is 6.42 Å². The predicted octanol–water partition coefficient (Wildman–Crippen LogP) is 1.80. The Labute approximate surface area is 126 Å². The lowest BCUT2D eigenvalue weighted by Crippen LogP contribution is -2.35. The number of alkyl halides is 1. The lowest BCUT2D eigenvalue weighted by Gasteiger charge is -2.10. The summed E-state index contributed by atoms with van der Waals surface area (Å²) in [7, 11) is 0. The van der Waals surface area contributed by atoms with Gasteiger partial charge in [0.1, 0.15) is 23.9 Å². The minimum atomic E-state index is -0.975. The lowest BCUT2D eigenvalue weighted by atomic mass is 10.2. The van der Waals surface area contributed by atoms with Crippen LogP contribution in [0.5, 0.6) is 0 Å². The average molecular weight is 313 g/mol. The number of oxazole rings is 1. The Morgan fingerprint density at radius 3 is 3.00 bits per heavy atom. The first kappa shape index (κ1) is 15.4. The molecule has 1 saturated heterocycles. The molecular formula is C13H14ClFN4O2. The number of halogens is 2. The van der Waals surface area contributed by atoms with Crippen LogP contribution in [0, 0.1) is 0 Å². The zero-order valence-corrected chi connectivity index (χ0v) is 11.8. The van der Waals surface area contributed by atoms with E-state index in [-0.39, 0.29) is 31.3 Å². The molecule has 3 heterocycles. The van der Waals surface area contributed by atoms with Crippen molar-refractivity contribution in [1.82, 2.24) is 15.3 Å². The summed E-state index contributed by atoms with van der Waals surface area (Å²) in [6.07, 6.45) is 2.18. The molecule has 2 aromatic heterocycles. The summed E-state index contributed by atoms with van der Waals surface area (Å²) in [5.41, 5.74) is 0.524. The van der Waals surface area contributed by atoms with E-state index in [9.17, 15) is 9.18 Å². The molecule has 3 rings (SSSR count). The Morgan fingerprint density at radius 1 is 1.48 bits per heavy atom. The Balaban J connectivity index is 0.00000161. The summed E-state index contributed by atoms with van der Waals surface area (Å²) >= 11 is 0. The third kappa shape index (κ3) is 3.56. The third-order valence-corrected chi connectivity index (χ3v) is 3.05. The summed E-state index contributed by atoms with van der Waals surface area (Å²) in [5, 5.41) is 5.48. The van der Waals surface area contributed by atoms with Crippen molar-refractivity contribution < 1.29 is 13.6 Å². The first-order valence-electron chi connectivity index (χ1n) is 6.27. The Hall–Kier alpha value is -1.99. The number of carbonyl (C=O) groups is 1. The molecule has 2 N–H and O–H groups in total. The Kier molecular flexibility index (Phi) is 4.87. The highest BCUT2D eigenvalue weighted by atomic mass is 35.5. The van der Waals surface area contributed by atoms with E-state index in [4.69, 9.17) is 4.42 Å². The highest BCUT2D eigenvalue weighted by Crippen LogP contribution is 2.17. The maximum atomic E-state index is 13.0. The number of aromatic nitrogens is 2. The number of carbonyl (C=O) groups excluding carboxylic acids is 1. The van der Waals surface area contributed by atoms with Gasteiger partial charge in [0, 0.05) is 13.0 Å². The van der Waals surface area contributed by atoms with Crippen LogP contribution < -0.4 is 10.6 Å². The maximum absolute atomic E-state index is 13.0. The van der Waals surface area contributed by atoms with Crippen LogP contribution in [0.25, 0.3) is 11.6 Å². The number of pyridine rings is 1. The number of hydrogen-bond acceptors (Lipinski definition) is 5. The van der Waals surface area contributed by atoms with E-state index in [1.807, 2.05) is 0 Å². The van der Waals surface area contributed by atoms with Crippen LogP contribution in [0.4, 0.5) is 10.2 Å². The molecule has 0 unspecified atom stereocenters. The number of nitrogens with one attached hydrogen (secondary N) is 2. The van der Waals surface area contributed by atoms with Crippen LogP contribution >= 0.6 is 12.4 Å². The van der Waals surface area contributed by atoms with Gasteiger partial charge in [-0.25, -0.2) is 14.4 Å². The second-order valence-electron chi connectivity index (χ2n) is 4.53. The molecule has 0 spiro atoms. The molecule has 6 nitrogen and oxygen atoms in total. The first-order valence-corrected chi connectivity index (χ1v) is 6.27. The fraction of sp³-hybridized carbons (Fsp3) is 0.308. The zero-order chi connectivity index (χ0) is 13.9. The molecule has 8 heteroatoms. The van der Waals surface area contributed by atoms with Crippen LogP contribution in [0.15, 0.2) is 35.1 Å². The minimum absolute atomic E-state index is 0. The van der Waals surface area contributed by atoms with Crippen molar-refractivity contribution in [2.75, 3.05) is 11.9 Å². The predicted molar refractivity (Wildman–Crippen MR) is 76.9 cm³/mol. The standard InChI is InChI=1S/C13H13FN4O2.ClH/c14-8-6-10(16-7-8)12(19)18-11-3-1-2-9(17-11)13-15-4-5-20-13;/h1-5,8,10,16H,6-7H2,(H,17,18,19);1H/t8-,10+;/m1./s1. The van der Waals surface area contributed by atoms with Crippen molar-refractivity contribution in [2.45, 2.75) is 18.6 Å². The van der Waals surface area contributed by atoms with Gasteiger partial charge < -0.3 is 15.1 Å². The molecule has 1 fully saturated rings. The largest absolute Gasteiger partial charge is 0.443 e. The molecule has 1 amide bonds. The second-order valence-corrected chi connectivity index (χ2v) is 4.53. The van der Waals surface area contributed by atoms with Crippen molar-refractivity contribution in [3.63, 3.8) is 0 Å². The van der Waals surface area contributed by atoms with E-state index in [0.717, 1.165) is 0 Å². The normalized spacial score (nSPS) is 20.8. The van der Waals surface area contributed by atoms with Gasteiger partial charge in [-0.05, 0) is 12.1 Å². The summed E-state index contributed by atoms with van der Waals surface area (Å²) in [4.78, 5) is 20.2. The van der Waals surface area contributed by atoms with Crippen molar-refractivity contribution in [3.05, 3.63) is 30.7 Å². The molecule has 2 aromatic rings. The third-order valence-electron chi connectivity index (χ3n) is 3.05. The van der Waals surface area contributed by atoms with Gasteiger partial charge in [-0.1, -0.05) is 6.07 Å². The van der Waals surface area contributed by atoms with Crippen LogP contribution in [-0.2, 0) is 4.79 Å². The molecule has 0 aliphatic carbocycles. The van der Waals surface area contributed by atoms with Gasteiger partial charge in [0.25, 0.3) is 0 Å². The monoisotopic (exact) mass is 312 g/mol. The number of nitrogens with zero attached hydrogens (tertiary/aromatic N) is 2. The summed E-state index contributed by atoms with van der Waals surface area (Å²) in [5.74, 6) is 0.473. The van der Waals surface area contributed by atoms with E-state index in [1.165, 1.54) is 12.5 Å². The number of anilines is 1. The van der Waals surface area contributed by atoms with Gasteiger partial charge in [0.2, 0.25) is 11.8 Å². The van der Waals surface area contributed by atoms with Crippen molar-refractivity contribution in [1.29, 1.82) is 0 Å². The average Bonchev–Trinajstić information content (AvgIpc) is 3.10. The Bertz CT molecular complexity index is 608. The number of amides is 1. The SMILES string of the molecule is Cl.O=C(Nc1cccc(-c2ncco2)n1)[C@@H]1C[C@@H](F)CN1. The molecule has 0 bridgehead atoms. The lowest BCUT2D eigenvalue weighted by molar-refractivity contribution is -0.117. The first-order chi connectivity index (χ1) is 9.72. The molecular weight excluding hydrogens is 299 g/mol. The van der Waals surface area contributed by atoms with E-state index in [2.05, 4.69) is 20.6 Å². The summed E-state index contributed by atoms with van der Waals surface area (Å²) in [6, 6.07) is 4.61. The second kappa shape index (κ2) is 6.64. The summed E-state index contributed by atoms with van der Waals surface area (Å²) < 4.78 is 18.2. The van der Waals surface area contributed by atoms with Gasteiger partial charge in [0.05, 0.1) is 12.2 Å². The highest BCUT2D eigenvalue weighted by molar-refractivity contribution is 5.94. The van der Waals surface area contributed by atoms with Crippen molar-refractivity contribution in [3.8, 4) is 11.6 Å². The quantitative estimate of drug-likeness (QED) is 0.903. The molecule has 21 heavy (non-hydrogen) atoms. The molecule has 1 aliphatic rings. The fourth-order valence-electron chi connectivity index (χ4n) is 2.08. The van der Waals surface area contributed by atoms with Crippen molar-refractivity contribution >= 4 is 24.1 Å². The highest BCUT2D eigenvalue weighted by Gasteiger charge is 2.29. The van der Waals surface area contributed by atoms with E-state index in [1.54, 1.807) is 18.2 Å². The number of rotatable bonds is 3. The summed E-state index contributed by atoms with van der Waals surface area (Å²) in [6.45, 7) is 0.210. The van der Waals surface area contributed by atoms with Gasteiger partial charge in [-0.2, -0.15) is 0 Å².